The maximum atomic E-state index is 10.7. The van der Waals surface area contributed by atoms with Crippen LogP contribution in [0.1, 0.15) is 6.92 Å². The summed E-state index contributed by atoms with van der Waals surface area (Å²) in [5.74, 6) is 4.53. The normalized spacial score (nSPS) is 12.6. The highest BCUT2D eigenvalue weighted by Crippen LogP contribution is 1.88. The van der Waals surface area contributed by atoms with E-state index in [2.05, 4.69) is 0 Å². The molecule has 0 aliphatic heterocycles. The number of amides is 1. The number of hydrazine groups is 1. The molecule has 66 valence electrons. The van der Waals surface area contributed by atoms with Gasteiger partial charge in [0, 0.05) is 7.11 Å². The summed E-state index contributed by atoms with van der Waals surface area (Å²) in [5, 5.41) is 0. The van der Waals surface area contributed by atoms with Crippen molar-refractivity contribution in [3.05, 3.63) is 0 Å². The van der Waals surface area contributed by atoms with Crippen LogP contribution in [0, 0.1) is 0 Å². The third kappa shape index (κ3) is 4.72. The smallest absolute Gasteiger partial charge is 0.262 e. The van der Waals surface area contributed by atoms with Gasteiger partial charge in [0.2, 0.25) is 0 Å². The zero-order valence-corrected chi connectivity index (χ0v) is 6.79. The van der Waals surface area contributed by atoms with Gasteiger partial charge in [-0.3, -0.25) is 10.2 Å². The van der Waals surface area contributed by atoms with Gasteiger partial charge in [-0.25, -0.2) is 5.84 Å². The average molecular weight is 162 g/mol. The fraction of sp³-hybridized carbons (Fsp3) is 0.833. The third-order valence-electron chi connectivity index (χ3n) is 1.17. The maximum absolute atomic E-state index is 10.7. The second-order valence-electron chi connectivity index (χ2n) is 2.01. The predicted molar refractivity (Wildman–Crippen MR) is 39.6 cm³/mol. The summed E-state index contributed by atoms with van der Waals surface area (Å²) in [6, 6.07) is 0. The van der Waals surface area contributed by atoms with Crippen LogP contribution in [0.25, 0.3) is 0 Å². The molecule has 1 unspecified atom stereocenters. The van der Waals surface area contributed by atoms with Gasteiger partial charge in [0.05, 0.1) is 13.2 Å². The summed E-state index contributed by atoms with van der Waals surface area (Å²) in [6.45, 7) is 2.49. The Morgan fingerprint density at radius 3 is 2.73 bits per heavy atom. The Balaban J connectivity index is 3.36. The minimum atomic E-state index is -0.518. The zero-order valence-electron chi connectivity index (χ0n) is 6.79. The topological polar surface area (TPSA) is 73.6 Å². The van der Waals surface area contributed by atoms with Crippen molar-refractivity contribution >= 4 is 5.91 Å². The van der Waals surface area contributed by atoms with E-state index in [9.17, 15) is 4.79 Å². The van der Waals surface area contributed by atoms with Crippen molar-refractivity contribution < 1.29 is 14.3 Å². The highest BCUT2D eigenvalue weighted by molar-refractivity contribution is 5.79. The first-order chi connectivity index (χ1) is 5.22. The number of hydrogen-bond donors (Lipinski definition) is 2. The molecule has 0 radical (unpaired) electrons. The van der Waals surface area contributed by atoms with E-state index in [0.717, 1.165) is 0 Å². The zero-order chi connectivity index (χ0) is 8.69. The standard InChI is InChI=1S/C6H14N2O3/c1-5(6(9)8-7)11-4-3-10-2/h5H,3-4,7H2,1-2H3,(H,8,9). The monoisotopic (exact) mass is 162 g/mol. The van der Waals surface area contributed by atoms with Crippen molar-refractivity contribution in [3.63, 3.8) is 0 Å². The molecule has 0 bridgehead atoms. The van der Waals surface area contributed by atoms with Gasteiger partial charge in [0.1, 0.15) is 6.10 Å². The number of hydrogen-bond acceptors (Lipinski definition) is 4. The van der Waals surface area contributed by atoms with E-state index in [1.165, 1.54) is 0 Å². The van der Waals surface area contributed by atoms with E-state index in [1.54, 1.807) is 14.0 Å². The second-order valence-corrected chi connectivity index (χ2v) is 2.01. The molecule has 11 heavy (non-hydrogen) atoms. The van der Waals surface area contributed by atoms with Gasteiger partial charge in [-0.2, -0.15) is 0 Å². The lowest BCUT2D eigenvalue weighted by Crippen LogP contribution is -2.39. The first-order valence-electron chi connectivity index (χ1n) is 3.33. The molecule has 0 aliphatic rings. The van der Waals surface area contributed by atoms with Crippen LogP contribution >= 0.6 is 0 Å². The fourth-order valence-corrected chi connectivity index (χ4v) is 0.501. The van der Waals surface area contributed by atoms with Crippen LogP contribution in [0.5, 0.6) is 0 Å². The van der Waals surface area contributed by atoms with E-state index in [0.29, 0.717) is 13.2 Å². The van der Waals surface area contributed by atoms with Gasteiger partial charge in [-0.15, -0.1) is 0 Å². The van der Waals surface area contributed by atoms with Crippen molar-refractivity contribution in [3.8, 4) is 0 Å². The number of nitrogens with one attached hydrogen (secondary N) is 1. The van der Waals surface area contributed by atoms with Crippen LogP contribution in [0.3, 0.4) is 0 Å². The highest BCUT2D eigenvalue weighted by atomic mass is 16.5. The Bertz CT molecular complexity index is 118. The van der Waals surface area contributed by atoms with Crippen molar-refractivity contribution in [1.29, 1.82) is 0 Å². The van der Waals surface area contributed by atoms with Gasteiger partial charge >= 0.3 is 0 Å². The molecule has 0 saturated heterocycles. The molecular formula is C6H14N2O3. The average Bonchev–Trinajstić information content (AvgIpc) is 2.03. The summed E-state index contributed by atoms with van der Waals surface area (Å²) in [4.78, 5) is 10.7. The molecule has 0 fully saturated rings. The number of nitrogens with two attached hydrogens (primary N) is 1. The largest absolute Gasteiger partial charge is 0.382 e. The molecular weight excluding hydrogens is 148 g/mol. The summed E-state index contributed by atoms with van der Waals surface area (Å²) in [6.07, 6.45) is -0.518. The first-order valence-corrected chi connectivity index (χ1v) is 3.33. The minimum Gasteiger partial charge on any atom is -0.382 e. The van der Waals surface area contributed by atoms with Crippen molar-refractivity contribution in [2.75, 3.05) is 20.3 Å². The highest BCUT2D eigenvalue weighted by Gasteiger charge is 2.10. The molecule has 0 heterocycles. The van der Waals surface area contributed by atoms with Crippen molar-refractivity contribution in [1.82, 2.24) is 5.43 Å². The van der Waals surface area contributed by atoms with E-state index < -0.39 is 6.10 Å². The van der Waals surface area contributed by atoms with E-state index >= 15 is 0 Å². The molecule has 1 amide bonds. The Morgan fingerprint density at radius 2 is 2.27 bits per heavy atom. The molecule has 0 saturated carbocycles. The molecule has 0 aromatic carbocycles. The summed E-state index contributed by atoms with van der Waals surface area (Å²) >= 11 is 0. The molecule has 0 spiro atoms. The molecule has 5 nitrogen and oxygen atoms in total. The van der Waals surface area contributed by atoms with Crippen molar-refractivity contribution in [2.45, 2.75) is 13.0 Å². The molecule has 0 rings (SSSR count). The van der Waals surface area contributed by atoms with E-state index in [4.69, 9.17) is 15.3 Å². The first kappa shape index (κ1) is 10.3. The van der Waals surface area contributed by atoms with Crippen LogP contribution in [0.15, 0.2) is 0 Å². The Hall–Kier alpha value is -0.650. The molecule has 0 aromatic heterocycles. The minimum absolute atomic E-state index is 0.332. The Labute approximate surface area is 65.8 Å². The number of carbonyl (C=O) groups excluding carboxylic acids is 1. The molecule has 0 aromatic rings. The van der Waals surface area contributed by atoms with Gasteiger partial charge in [-0.05, 0) is 6.92 Å². The molecule has 0 aliphatic carbocycles. The van der Waals surface area contributed by atoms with Crippen LogP contribution in [0.2, 0.25) is 0 Å². The number of rotatable bonds is 5. The lowest BCUT2D eigenvalue weighted by Gasteiger charge is -2.09. The summed E-state index contributed by atoms with van der Waals surface area (Å²) in [7, 11) is 1.57. The number of carbonyl (C=O) groups is 1. The van der Waals surface area contributed by atoms with E-state index in [1.807, 2.05) is 5.43 Å². The fourth-order valence-electron chi connectivity index (χ4n) is 0.501. The van der Waals surface area contributed by atoms with E-state index in [-0.39, 0.29) is 5.91 Å². The second kappa shape index (κ2) is 6.09. The van der Waals surface area contributed by atoms with Crippen molar-refractivity contribution in [2.24, 2.45) is 5.84 Å². The van der Waals surface area contributed by atoms with Crippen LogP contribution in [-0.4, -0.2) is 32.3 Å². The summed E-state index contributed by atoms with van der Waals surface area (Å²) < 4.78 is 9.74. The Morgan fingerprint density at radius 1 is 1.64 bits per heavy atom. The van der Waals surface area contributed by atoms with Crippen LogP contribution < -0.4 is 11.3 Å². The molecule has 1 atom stereocenters. The van der Waals surface area contributed by atoms with Crippen LogP contribution in [0.4, 0.5) is 0 Å². The van der Waals surface area contributed by atoms with Gasteiger partial charge < -0.3 is 9.47 Å². The third-order valence-corrected chi connectivity index (χ3v) is 1.17. The maximum Gasteiger partial charge on any atom is 0.262 e. The Kier molecular flexibility index (Phi) is 5.73. The molecule has 3 N–H and O–H groups in total. The van der Waals surface area contributed by atoms with Crippen LogP contribution in [-0.2, 0) is 14.3 Å². The summed E-state index contributed by atoms with van der Waals surface area (Å²) in [5.41, 5.74) is 1.99. The number of methoxy groups -OCH3 is 1. The number of ether oxygens (including phenoxy) is 2. The van der Waals surface area contributed by atoms with Gasteiger partial charge in [-0.1, -0.05) is 0 Å². The van der Waals surface area contributed by atoms with Gasteiger partial charge in [0.25, 0.3) is 5.91 Å². The quantitative estimate of drug-likeness (QED) is 0.236. The molecule has 5 heteroatoms. The lowest BCUT2D eigenvalue weighted by atomic mass is 10.4. The van der Waals surface area contributed by atoms with Gasteiger partial charge in [0.15, 0.2) is 0 Å². The predicted octanol–water partition coefficient (Wildman–Crippen LogP) is -0.972. The SMILES string of the molecule is COCCOC(C)C(=O)NN. The lowest BCUT2D eigenvalue weighted by molar-refractivity contribution is -0.132.